The number of aromatic amines is 1. The number of hydrogen-bond acceptors (Lipinski definition) is 7. The first-order valence-corrected chi connectivity index (χ1v) is 5.19. The molecule has 96 valence electrons. The average molecular weight is 254 g/mol. The maximum atomic E-state index is 11.4. The van der Waals surface area contributed by atoms with Gasteiger partial charge in [-0.1, -0.05) is 0 Å². The Kier molecular flexibility index (Phi) is 2.41. The predicted octanol–water partition coefficient (Wildman–Crippen LogP) is -2.31. The van der Waals surface area contributed by atoms with Gasteiger partial charge in [0.25, 0.3) is 5.56 Å². The van der Waals surface area contributed by atoms with Crippen LogP contribution >= 0.6 is 0 Å². The minimum absolute atomic E-state index is 0.0872. The first-order chi connectivity index (χ1) is 8.59. The highest BCUT2D eigenvalue weighted by Gasteiger charge is 2.43. The average Bonchev–Trinajstić information content (AvgIpc) is 2.88. The maximum absolute atomic E-state index is 11.4. The van der Waals surface area contributed by atoms with Gasteiger partial charge in [-0.25, -0.2) is 9.97 Å². The van der Waals surface area contributed by atoms with E-state index in [1.807, 2.05) is 0 Å². The van der Waals surface area contributed by atoms with E-state index in [1.54, 1.807) is 0 Å². The van der Waals surface area contributed by atoms with Crippen LogP contribution in [0.4, 0.5) is 0 Å². The molecule has 0 bridgehead atoms. The maximum Gasteiger partial charge on any atom is 0.278 e. The van der Waals surface area contributed by atoms with Gasteiger partial charge in [0, 0.05) is 0 Å². The largest absolute Gasteiger partial charge is 0.385 e. The molecular weight excluding hydrogens is 244 g/mol. The lowest BCUT2D eigenvalue weighted by atomic mass is 10.2. The molecule has 18 heavy (non-hydrogen) atoms. The summed E-state index contributed by atoms with van der Waals surface area (Å²) in [6.07, 6.45) is -2.85. The Morgan fingerprint density at radius 3 is 2.72 bits per heavy atom. The van der Waals surface area contributed by atoms with Gasteiger partial charge in [0.2, 0.25) is 0 Å². The Bertz CT molecular complexity index is 637. The molecule has 4 N–H and O–H groups in total. The zero-order chi connectivity index (χ0) is 12.9. The van der Waals surface area contributed by atoms with Gasteiger partial charge in [-0.05, 0) is 0 Å². The van der Waals surface area contributed by atoms with Crippen molar-refractivity contribution in [1.29, 1.82) is 0 Å². The van der Waals surface area contributed by atoms with Gasteiger partial charge in [0.05, 0.1) is 12.7 Å². The molecule has 1 aliphatic rings. The van der Waals surface area contributed by atoms with Crippen LogP contribution in [-0.4, -0.2) is 53.3 Å². The van der Waals surface area contributed by atoms with Crippen LogP contribution in [0.1, 0.15) is 6.23 Å². The zero-order valence-corrected chi connectivity index (χ0v) is 8.96. The minimum Gasteiger partial charge on any atom is -0.385 e. The number of imidazole rings is 1. The summed E-state index contributed by atoms with van der Waals surface area (Å²) in [6, 6.07) is 0. The third-order valence-corrected chi connectivity index (χ3v) is 2.85. The standard InChI is InChI=1S/C9H10N4O5/c14-4-5(15)9(17)18-8(4)13-2-12-3-6(13)10-1-11-7(3)16/h1-2,4-5,8-9,14-15,17H,(H,10,11,16). The predicted molar refractivity (Wildman–Crippen MR) is 56.3 cm³/mol. The van der Waals surface area contributed by atoms with Crippen molar-refractivity contribution in [2.75, 3.05) is 0 Å². The highest BCUT2D eigenvalue weighted by Crippen LogP contribution is 2.29. The van der Waals surface area contributed by atoms with Crippen LogP contribution in [-0.2, 0) is 4.74 Å². The fourth-order valence-corrected chi connectivity index (χ4v) is 1.92. The molecule has 0 saturated carbocycles. The fraction of sp³-hybridized carbons (Fsp3) is 0.444. The Morgan fingerprint density at radius 2 is 2.06 bits per heavy atom. The van der Waals surface area contributed by atoms with E-state index >= 15 is 0 Å². The molecule has 4 unspecified atom stereocenters. The molecule has 0 radical (unpaired) electrons. The van der Waals surface area contributed by atoms with Crippen molar-refractivity contribution in [2.24, 2.45) is 0 Å². The smallest absolute Gasteiger partial charge is 0.278 e. The summed E-state index contributed by atoms with van der Waals surface area (Å²) in [5.74, 6) is 0. The van der Waals surface area contributed by atoms with E-state index in [9.17, 15) is 20.1 Å². The van der Waals surface area contributed by atoms with Gasteiger partial charge in [-0.2, -0.15) is 0 Å². The summed E-state index contributed by atoms with van der Waals surface area (Å²) in [4.78, 5) is 21.6. The molecule has 2 aromatic rings. The van der Waals surface area contributed by atoms with Crippen molar-refractivity contribution >= 4 is 11.2 Å². The molecular formula is C9H10N4O5. The first kappa shape index (κ1) is 11.3. The van der Waals surface area contributed by atoms with Crippen molar-refractivity contribution < 1.29 is 20.1 Å². The van der Waals surface area contributed by atoms with E-state index in [4.69, 9.17) is 4.74 Å². The number of aliphatic hydroxyl groups is 3. The fourth-order valence-electron chi connectivity index (χ4n) is 1.92. The minimum atomic E-state index is -1.50. The van der Waals surface area contributed by atoms with Crippen LogP contribution in [0.25, 0.3) is 11.2 Å². The molecule has 9 nitrogen and oxygen atoms in total. The quantitative estimate of drug-likeness (QED) is 0.449. The molecule has 1 aliphatic heterocycles. The molecule has 0 amide bonds. The Balaban J connectivity index is 2.11. The number of rotatable bonds is 1. The topological polar surface area (TPSA) is 133 Å². The molecule has 9 heteroatoms. The number of hydrogen-bond donors (Lipinski definition) is 4. The van der Waals surface area contributed by atoms with Gasteiger partial charge in [0.15, 0.2) is 23.7 Å². The summed E-state index contributed by atoms with van der Waals surface area (Å²) in [5.41, 5.74) is -0.138. The number of fused-ring (bicyclic) bond motifs is 1. The molecule has 2 aromatic heterocycles. The van der Waals surface area contributed by atoms with Crippen LogP contribution in [0.3, 0.4) is 0 Å². The lowest BCUT2D eigenvalue weighted by molar-refractivity contribution is -0.141. The molecule has 1 saturated heterocycles. The first-order valence-electron chi connectivity index (χ1n) is 5.19. The number of nitrogens with one attached hydrogen (secondary N) is 1. The lowest BCUT2D eigenvalue weighted by Gasteiger charge is -2.15. The molecule has 3 rings (SSSR count). The van der Waals surface area contributed by atoms with Crippen molar-refractivity contribution in [3.63, 3.8) is 0 Å². The molecule has 1 fully saturated rings. The number of aromatic nitrogens is 4. The summed E-state index contributed by atoms with van der Waals surface area (Å²) >= 11 is 0. The second-order valence-electron chi connectivity index (χ2n) is 3.95. The van der Waals surface area contributed by atoms with E-state index in [1.165, 1.54) is 17.2 Å². The third kappa shape index (κ3) is 1.46. The number of aliphatic hydroxyl groups excluding tert-OH is 3. The van der Waals surface area contributed by atoms with Crippen molar-refractivity contribution in [1.82, 2.24) is 19.5 Å². The SMILES string of the molecule is O=c1[nH]cnc2c1ncn2C1OC(O)C(O)C1O. The second kappa shape index (κ2) is 3.85. The second-order valence-corrected chi connectivity index (χ2v) is 3.95. The van der Waals surface area contributed by atoms with Crippen LogP contribution in [0.5, 0.6) is 0 Å². The van der Waals surface area contributed by atoms with Crippen LogP contribution in [0.15, 0.2) is 17.4 Å². The molecule has 0 spiro atoms. The van der Waals surface area contributed by atoms with Crippen molar-refractivity contribution in [3.8, 4) is 0 Å². The lowest BCUT2D eigenvalue weighted by Crippen LogP contribution is -2.31. The Labute approximate surface area is 99.3 Å². The highest BCUT2D eigenvalue weighted by molar-refractivity contribution is 5.68. The zero-order valence-electron chi connectivity index (χ0n) is 8.96. The van der Waals surface area contributed by atoms with E-state index in [-0.39, 0.29) is 11.2 Å². The summed E-state index contributed by atoms with van der Waals surface area (Å²) < 4.78 is 6.29. The highest BCUT2D eigenvalue weighted by atomic mass is 16.7. The molecule has 4 atom stereocenters. The van der Waals surface area contributed by atoms with Crippen molar-refractivity contribution in [3.05, 3.63) is 23.0 Å². The third-order valence-electron chi connectivity index (χ3n) is 2.85. The normalized spacial score (nSPS) is 32.2. The van der Waals surface area contributed by atoms with Gasteiger partial charge in [-0.3, -0.25) is 9.36 Å². The summed E-state index contributed by atoms with van der Waals surface area (Å²) in [7, 11) is 0. The van der Waals surface area contributed by atoms with Gasteiger partial charge in [-0.15, -0.1) is 0 Å². The molecule has 0 aliphatic carbocycles. The van der Waals surface area contributed by atoms with Crippen molar-refractivity contribution in [2.45, 2.75) is 24.7 Å². The van der Waals surface area contributed by atoms with Gasteiger partial charge >= 0.3 is 0 Å². The molecule has 0 aromatic carbocycles. The number of ether oxygens (including phenoxy) is 1. The van der Waals surface area contributed by atoms with Gasteiger partial charge < -0.3 is 25.0 Å². The monoisotopic (exact) mass is 254 g/mol. The summed E-state index contributed by atoms with van der Waals surface area (Å²) in [5, 5.41) is 28.5. The van der Waals surface area contributed by atoms with E-state index < -0.39 is 30.3 Å². The van der Waals surface area contributed by atoms with Crippen LogP contribution in [0, 0.1) is 0 Å². The van der Waals surface area contributed by atoms with Crippen LogP contribution in [0.2, 0.25) is 0 Å². The Hall–Kier alpha value is -1.81. The van der Waals surface area contributed by atoms with Gasteiger partial charge in [0.1, 0.15) is 12.2 Å². The van der Waals surface area contributed by atoms with Crippen LogP contribution < -0.4 is 5.56 Å². The van der Waals surface area contributed by atoms with E-state index in [2.05, 4.69) is 15.0 Å². The number of nitrogens with zero attached hydrogens (tertiary/aromatic N) is 3. The number of H-pyrrole nitrogens is 1. The Morgan fingerprint density at radius 1 is 1.28 bits per heavy atom. The molecule has 3 heterocycles. The summed E-state index contributed by atoms with van der Waals surface area (Å²) in [6.45, 7) is 0. The van der Waals surface area contributed by atoms with E-state index in [0.29, 0.717) is 0 Å². The van der Waals surface area contributed by atoms with E-state index in [0.717, 1.165) is 0 Å².